The van der Waals surface area contributed by atoms with Gasteiger partial charge in [-0.3, -0.25) is 9.78 Å². The van der Waals surface area contributed by atoms with E-state index in [2.05, 4.69) is 29.5 Å². The van der Waals surface area contributed by atoms with Gasteiger partial charge in [0.1, 0.15) is 12.1 Å². The number of nitrogens with zero attached hydrogens (tertiary/aromatic N) is 6. The first-order valence-electron chi connectivity index (χ1n) is 14.4. The van der Waals surface area contributed by atoms with E-state index < -0.39 is 17.8 Å². The zero-order valence-electron chi connectivity index (χ0n) is 24.0. The third-order valence-electron chi connectivity index (χ3n) is 8.50. The van der Waals surface area contributed by atoms with E-state index in [9.17, 15) is 14.4 Å². The zero-order valence-corrected chi connectivity index (χ0v) is 24.7. The smallest absolute Gasteiger partial charge is 0.282 e. The topological polar surface area (TPSA) is 85.6 Å². The number of pyridine rings is 2. The highest BCUT2D eigenvalue weighted by Crippen LogP contribution is 2.37. The highest BCUT2D eigenvalue weighted by Gasteiger charge is 2.33. The minimum absolute atomic E-state index is 0.0648. The third-order valence-corrected chi connectivity index (χ3v) is 8.82. The molecule has 8 nitrogen and oxygen atoms in total. The quantitative estimate of drug-likeness (QED) is 0.242. The Kier molecular flexibility index (Phi) is 8.15. The summed E-state index contributed by atoms with van der Waals surface area (Å²) in [4.78, 5) is 28.0. The fourth-order valence-electron chi connectivity index (χ4n) is 6.22. The van der Waals surface area contributed by atoms with Crippen molar-refractivity contribution in [3.05, 3.63) is 72.2 Å². The zero-order chi connectivity index (χ0) is 30.1. The van der Waals surface area contributed by atoms with Gasteiger partial charge < -0.3 is 19.4 Å². The van der Waals surface area contributed by atoms with Gasteiger partial charge in [0.15, 0.2) is 5.83 Å². The van der Waals surface area contributed by atoms with Crippen LogP contribution in [0.2, 0.25) is 5.02 Å². The van der Waals surface area contributed by atoms with Gasteiger partial charge in [-0.2, -0.15) is 5.26 Å². The van der Waals surface area contributed by atoms with Crippen LogP contribution in [0.25, 0.3) is 32.9 Å². The van der Waals surface area contributed by atoms with Crippen molar-refractivity contribution in [3.8, 4) is 23.1 Å². The van der Waals surface area contributed by atoms with E-state index in [0.29, 0.717) is 47.7 Å². The number of aromatic nitrogens is 2. The summed E-state index contributed by atoms with van der Waals surface area (Å²) in [5.74, 6) is -1.33. The summed E-state index contributed by atoms with van der Waals surface area (Å²) in [5, 5.41) is 12.1. The number of ether oxygens (including phenoxy) is 1. The molecule has 2 unspecified atom stereocenters. The van der Waals surface area contributed by atoms with Crippen molar-refractivity contribution in [2.75, 3.05) is 44.7 Å². The van der Waals surface area contributed by atoms with E-state index in [-0.39, 0.29) is 13.0 Å². The van der Waals surface area contributed by atoms with Crippen LogP contribution >= 0.6 is 11.6 Å². The number of piperazine rings is 1. The van der Waals surface area contributed by atoms with Crippen molar-refractivity contribution in [2.24, 2.45) is 0 Å². The molecule has 10 heteroatoms. The Morgan fingerprint density at radius 1 is 1.19 bits per heavy atom. The Labute approximate surface area is 254 Å². The molecule has 2 aliphatic rings. The van der Waals surface area contributed by atoms with Gasteiger partial charge in [0, 0.05) is 53.9 Å². The second-order valence-corrected chi connectivity index (χ2v) is 11.6. The van der Waals surface area contributed by atoms with Gasteiger partial charge in [0.25, 0.3) is 5.91 Å². The normalized spacial score (nSPS) is 19.1. The number of likely N-dealkylation sites (N-methyl/N-ethyl adjacent to an activating group) is 1. The summed E-state index contributed by atoms with van der Waals surface area (Å²) in [7, 11) is 2.11. The van der Waals surface area contributed by atoms with Crippen molar-refractivity contribution in [3.63, 3.8) is 0 Å². The van der Waals surface area contributed by atoms with Crippen LogP contribution < -0.4 is 9.64 Å². The molecule has 2 aliphatic heterocycles. The molecule has 2 atom stereocenters. The van der Waals surface area contributed by atoms with E-state index in [1.54, 1.807) is 0 Å². The lowest BCUT2D eigenvalue weighted by molar-refractivity contribution is -0.131. The number of carbonyl (C=O) groups is 1. The lowest BCUT2D eigenvalue weighted by Gasteiger charge is -2.41. The van der Waals surface area contributed by atoms with E-state index in [4.69, 9.17) is 26.3 Å². The molecule has 4 aromatic rings. The van der Waals surface area contributed by atoms with Gasteiger partial charge in [-0.25, -0.2) is 9.37 Å². The number of halogens is 2. The number of nitriles is 1. The Morgan fingerprint density at radius 2 is 2.00 bits per heavy atom. The number of benzene rings is 2. The maximum absolute atomic E-state index is 13.8. The average molecular weight is 599 g/mol. The summed E-state index contributed by atoms with van der Waals surface area (Å²) in [6.45, 7) is 5.72. The first-order valence-corrected chi connectivity index (χ1v) is 14.8. The standard InChI is InChI=1S/C33H32ClFN6O2/c1-21(35)33(42)41-15-14-40(19-24(41)11-12-36)29-17-30(43-20-25-8-5-13-39(25)2)38-28-16-23(18-37-32(28)29)26-9-3-6-22-7-4-10-27(34)31(22)26/h3-4,6-7,9-10,16-18,24-25H,1,5,8,11,13-15,19-20H2,2H3. The van der Waals surface area contributed by atoms with Crippen LogP contribution in [0.1, 0.15) is 19.3 Å². The molecule has 0 spiro atoms. The maximum atomic E-state index is 13.8. The molecule has 6 rings (SSSR count). The molecule has 4 heterocycles. The predicted octanol–water partition coefficient (Wildman–Crippen LogP) is 5.99. The number of fused-ring (bicyclic) bond motifs is 2. The second kappa shape index (κ2) is 12.2. The molecule has 2 fully saturated rings. The minimum atomic E-state index is -1.03. The largest absolute Gasteiger partial charge is 0.476 e. The Bertz CT molecular complexity index is 1750. The van der Waals surface area contributed by atoms with Crippen LogP contribution in [0.5, 0.6) is 5.88 Å². The average Bonchev–Trinajstić information content (AvgIpc) is 3.43. The lowest BCUT2D eigenvalue weighted by Crippen LogP contribution is -2.55. The van der Waals surface area contributed by atoms with Gasteiger partial charge in [-0.05, 0) is 49.5 Å². The number of carbonyl (C=O) groups excluding carboxylic acids is 1. The highest BCUT2D eigenvalue weighted by atomic mass is 35.5. The number of hydrogen-bond donors (Lipinski definition) is 0. The van der Waals surface area contributed by atoms with Crippen LogP contribution in [0.3, 0.4) is 0 Å². The number of anilines is 1. The molecular formula is C33H32ClFN6O2. The summed E-state index contributed by atoms with van der Waals surface area (Å²) >= 11 is 6.64. The summed E-state index contributed by atoms with van der Waals surface area (Å²) < 4.78 is 20.1. The first-order chi connectivity index (χ1) is 20.8. The molecule has 0 N–H and O–H groups in total. The number of rotatable bonds is 7. The number of likely N-dealkylation sites (tertiary alicyclic amines) is 1. The van der Waals surface area contributed by atoms with Crippen molar-refractivity contribution in [1.29, 1.82) is 5.26 Å². The summed E-state index contributed by atoms with van der Waals surface area (Å²) in [6.07, 6.45) is 4.08. The molecule has 0 bridgehead atoms. The summed E-state index contributed by atoms with van der Waals surface area (Å²) in [6, 6.07) is 17.7. The fraction of sp³-hybridized carbons (Fsp3) is 0.333. The monoisotopic (exact) mass is 598 g/mol. The van der Waals surface area contributed by atoms with Crippen molar-refractivity contribution in [2.45, 2.75) is 31.3 Å². The van der Waals surface area contributed by atoms with Gasteiger partial charge in [-0.1, -0.05) is 48.5 Å². The third kappa shape index (κ3) is 5.73. The first kappa shape index (κ1) is 28.8. The van der Waals surface area contributed by atoms with Crippen LogP contribution in [-0.2, 0) is 4.79 Å². The second-order valence-electron chi connectivity index (χ2n) is 11.2. The molecule has 2 aromatic carbocycles. The predicted molar refractivity (Wildman–Crippen MR) is 167 cm³/mol. The van der Waals surface area contributed by atoms with Gasteiger partial charge in [0.2, 0.25) is 5.88 Å². The molecule has 2 aromatic heterocycles. The molecular weight excluding hydrogens is 567 g/mol. The van der Waals surface area contributed by atoms with Crippen LogP contribution in [0, 0.1) is 11.3 Å². The van der Waals surface area contributed by atoms with Crippen LogP contribution in [-0.4, -0.2) is 77.6 Å². The molecule has 0 radical (unpaired) electrons. The van der Waals surface area contributed by atoms with Crippen molar-refractivity contribution >= 4 is 45.0 Å². The molecule has 2 saturated heterocycles. The van der Waals surface area contributed by atoms with Crippen LogP contribution in [0.4, 0.5) is 10.1 Å². The molecule has 0 aliphatic carbocycles. The van der Waals surface area contributed by atoms with Crippen molar-refractivity contribution < 1.29 is 13.9 Å². The Hall–Kier alpha value is -4.26. The molecule has 220 valence electrons. The van der Waals surface area contributed by atoms with Crippen LogP contribution in [0.15, 0.2) is 67.1 Å². The number of hydrogen-bond acceptors (Lipinski definition) is 7. The molecule has 0 saturated carbocycles. The SMILES string of the molecule is C=C(F)C(=O)N1CCN(c2cc(OCC3CCCN3C)nc3cc(-c4cccc5cccc(Cl)c45)cnc23)CC1CC#N. The maximum Gasteiger partial charge on any atom is 0.282 e. The van der Waals surface area contributed by atoms with Gasteiger partial charge in [-0.15, -0.1) is 0 Å². The number of amides is 1. The van der Waals surface area contributed by atoms with Gasteiger partial charge in [0.05, 0.1) is 29.7 Å². The molecule has 1 amide bonds. The van der Waals surface area contributed by atoms with Crippen molar-refractivity contribution in [1.82, 2.24) is 19.8 Å². The van der Waals surface area contributed by atoms with E-state index in [0.717, 1.165) is 47.0 Å². The fourth-order valence-corrected chi connectivity index (χ4v) is 6.50. The Balaban J connectivity index is 1.41. The van der Waals surface area contributed by atoms with E-state index in [1.807, 2.05) is 54.7 Å². The lowest BCUT2D eigenvalue weighted by atomic mass is 9.99. The van der Waals surface area contributed by atoms with E-state index in [1.165, 1.54) is 4.90 Å². The Morgan fingerprint density at radius 3 is 2.74 bits per heavy atom. The molecule has 43 heavy (non-hydrogen) atoms. The van der Waals surface area contributed by atoms with Gasteiger partial charge >= 0.3 is 0 Å². The summed E-state index contributed by atoms with van der Waals surface area (Å²) in [5.41, 5.74) is 3.94. The highest BCUT2D eigenvalue weighted by molar-refractivity contribution is 6.36. The van der Waals surface area contributed by atoms with E-state index >= 15 is 0 Å². The minimum Gasteiger partial charge on any atom is -0.476 e.